The van der Waals surface area contributed by atoms with Gasteiger partial charge in [0.25, 0.3) is 0 Å². The summed E-state index contributed by atoms with van der Waals surface area (Å²) in [5, 5.41) is 7.51. The summed E-state index contributed by atoms with van der Waals surface area (Å²) in [6, 6.07) is 41.8. The number of benzene rings is 6. The number of rotatable bonds is 7. The summed E-state index contributed by atoms with van der Waals surface area (Å²) < 4.78 is 0. The van der Waals surface area contributed by atoms with Crippen LogP contribution in [0.2, 0.25) is 0 Å². The van der Waals surface area contributed by atoms with E-state index < -0.39 is 0 Å². The Morgan fingerprint density at radius 1 is 0.561 bits per heavy atom. The topological polar surface area (TPSA) is 0 Å². The van der Waals surface area contributed by atoms with Crippen LogP contribution < -0.4 is 0 Å². The van der Waals surface area contributed by atoms with Crippen LogP contribution in [0.3, 0.4) is 0 Å². The quantitative estimate of drug-likeness (QED) is 0.144. The van der Waals surface area contributed by atoms with Gasteiger partial charge in [0.15, 0.2) is 0 Å². The highest BCUT2D eigenvalue weighted by Gasteiger charge is 2.17. The molecule has 41 heavy (non-hydrogen) atoms. The Morgan fingerprint density at radius 3 is 1.61 bits per heavy atom. The highest BCUT2D eigenvalue weighted by molar-refractivity contribution is 6.21. The molecule has 0 unspecified atom stereocenters. The van der Waals surface area contributed by atoms with Crippen molar-refractivity contribution in [3.05, 3.63) is 176 Å². The van der Waals surface area contributed by atoms with Gasteiger partial charge in [0, 0.05) is 0 Å². The summed E-state index contributed by atoms with van der Waals surface area (Å²) in [6.07, 6.45) is 7.80. The molecule has 0 heteroatoms. The van der Waals surface area contributed by atoms with Crippen molar-refractivity contribution in [1.82, 2.24) is 0 Å². The molecule has 0 atom stereocenters. The van der Waals surface area contributed by atoms with Crippen LogP contribution in [0.5, 0.6) is 0 Å². The zero-order valence-electron chi connectivity index (χ0n) is 23.4. The Morgan fingerprint density at radius 2 is 1.07 bits per heavy atom. The van der Waals surface area contributed by atoms with E-state index >= 15 is 0 Å². The lowest BCUT2D eigenvalue weighted by atomic mass is 9.85. The van der Waals surface area contributed by atoms with Crippen molar-refractivity contribution >= 4 is 37.9 Å². The maximum atomic E-state index is 4.19. The minimum Gasteiger partial charge on any atom is -0.0985 e. The fourth-order valence-corrected chi connectivity index (χ4v) is 5.94. The van der Waals surface area contributed by atoms with Crippen LogP contribution in [0.25, 0.3) is 60.1 Å². The molecule has 0 nitrogen and oxygen atoms in total. The van der Waals surface area contributed by atoms with E-state index in [1.54, 1.807) is 6.08 Å². The van der Waals surface area contributed by atoms with Crippen molar-refractivity contribution in [2.45, 2.75) is 6.92 Å². The molecule has 6 rings (SSSR count). The van der Waals surface area contributed by atoms with E-state index in [1.807, 2.05) is 19.1 Å². The highest BCUT2D eigenvalue weighted by atomic mass is 14.2. The summed E-state index contributed by atoms with van der Waals surface area (Å²) in [7, 11) is 0. The molecule has 6 aromatic rings. The summed E-state index contributed by atoms with van der Waals surface area (Å²) >= 11 is 0. The minimum absolute atomic E-state index is 0.878. The Kier molecular flexibility index (Phi) is 7.06. The van der Waals surface area contributed by atoms with Crippen LogP contribution in [0.4, 0.5) is 0 Å². The van der Waals surface area contributed by atoms with Crippen LogP contribution in [0, 0.1) is 0 Å². The van der Waals surface area contributed by atoms with E-state index in [4.69, 9.17) is 0 Å². The molecule has 0 fully saturated rings. The van der Waals surface area contributed by atoms with Gasteiger partial charge in [-0.3, -0.25) is 0 Å². The molecule has 0 amide bonds. The third-order valence-corrected chi connectivity index (χ3v) is 7.87. The molecule has 0 saturated carbocycles. The highest BCUT2D eigenvalue weighted by Crippen LogP contribution is 2.44. The summed E-state index contributed by atoms with van der Waals surface area (Å²) in [5.74, 6) is 0. The zero-order valence-corrected chi connectivity index (χ0v) is 23.4. The molecule has 0 N–H and O–H groups in total. The summed E-state index contributed by atoms with van der Waals surface area (Å²) in [6.45, 7) is 14.2. The van der Waals surface area contributed by atoms with Gasteiger partial charge in [0.05, 0.1) is 0 Å². The minimum atomic E-state index is 0.878. The van der Waals surface area contributed by atoms with Crippen LogP contribution in [-0.2, 0) is 0 Å². The Balaban J connectivity index is 1.59. The molecular formula is C41H32. The van der Waals surface area contributed by atoms with Gasteiger partial charge in [0.2, 0.25) is 0 Å². The smallest absolute Gasteiger partial charge is 0.00262 e. The number of fused-ring (bicyclic) bond motifs is 3. The molecule has 0 aliphatic heterocycles. The summed E-state index contributed by atoms with van der Waals surface area (Å²) in [4.78, 5) is 0. The van der Waals surface area contributed by atoms with Crippen molar-refractivity contribution in [2.24, 2.45) is 0 Å². The number of hydrogen-bond donors (Lipinski definition) is 0. The first-order valence-electron chi connectivity index (χ1n) is 14.0. The molecule has 6 aromatic carbocycles. The monoisotopic (exact) mass is 524 g/mol. The standard InChI is InChI=1S/C41H32/c1-5-14-35(28(4)6-2)34(7-3)30-22-24-31(25-23-30)40-36-17-10-12-19-38(36)41(39-20-13-11-18-37(39)40)33-26-21-29-15-8-9-16-32(29)27-33/h5-27H,2-4H2,1H3/b14-5-,35-34+. The van der Waals surface area contributed by atoms with Gasteiger partial charge in [-0.25, -0.2) is 0 Å². The fraction of sp³-hybridized carbons (Fsp3) is 0.0244. The van der Waals surface area contributed by atoms with Crippen molar-refractivity contribution in [2.75, 3.05) is 0 Å². The van der Waals surface area contributed by atoms with Gasteiger partial charge >= 0.3 is 0 Å². The van der Waals surface area contributed by atoms with Gasteiger partial charge in [-0.2, -0.15) is 0 Å². The lowest BCUT2D eigenvalue weighted by molar-refractivity contribution is 1.52. The SMILES string of the molecule is C=CC(=C)C(/C=C\C)=C(\C=C)c1ccc(-c2c3ccccc3c(-c3ccc4ccccc4c3)c3ccccc23)cc1. The molecular weight excluding hydrogens is 492 g/mol. The predicted octanol–water partition coefficient (Wildman–Crippen LogP) is 11.7. The van der Waals surface area contributed by atoms with Crippen LogP contribution >= 0.6 is 0 Å². The third-order valence-electron chi connectivity index (χ3n) is 7.87. The number of hydrogen-bond acceptors (Lipinski definition) is 0. The molecule has 0 aliphatic carbocycles. The third kappa shape index (κ3) is 4.64. The van der Waals surface area contributed by atoms with E-state index in [0.717, 1.165) is 22.3 Å². The molecule has 0 spiro atoms. The predicted molar refractivity (Wildman–Crippen MR) is 181 cm³/mol. The van der Waals surface area contributed by atoms with Gasteiger partial charge in [-0.15, -0.1) is 0 Å². The molecule has 0 bridgehead atoms. The first-order chi connectivity index (χ1) is 20.1. The van der Waals surface area contributed by atoms with E-state index in [9.17, 15) is 0 Å². The Bertz CT molecular complexity index is 1970. The van der Waals surface area contributed by atoms with Crippen LogP contribution in [0.15, 0.2) is 170 Å². The van der Waals surface area contributed by atoms with Crippen molar-refractivity contribution < 1.29 is 0 Å². The average Bonchev–Trinajstić information content (AvgIpc) is 3.03. The van der Waals surface area contributed by atoms with Crippen molar-refractivity contribution in [1.29, 1.82) is 0 Å². The van der Waals surface area contributed by atoms with Crippen molar-refractivity contribution in [3.63, 3.8) is 0 Å². The van der Waals surface area contributed by atoms with E-state index in [2.05, 4.69) is 141 Å². The Labute approximate surface area is 242 Å². The molecule has 0 radical (unpaired) electrons. The molecule has 0 aromatic heterocycles. The van der Waals surface area contributed by atoms with Gasteiger partial charge in [0.1, 0.15) is 0 Å². The average molecular weight is 525 g/mol. The lowest BCUT2D eigenvalue weighted by Crippen LogP contribution is -1.92. The lowest BCUT2D eigenvalue weighted by Gasteiger charge is -2.18. The second kappa shape index (κ2) is 11.1. The molecule has 0 heterocycles. The molecule has 196 valence electrons. The first kappa shape index (κ1) is 26.0. The van der Waals surface area contributed by atoms with E-state index in [-0.39, 0.29) is 0 Å². The largest absolute Gasteiger partial charge is 0.0985 e. The zero-order chi connectivity index (χ0) is 28.3. The van der Waals surface area contributed by atoms with Crippen molar-refractivity contribution in [3.8, 4) is 22.3 Å². The van der Waals surface area contributed by atoms with Crippen LogP contribution in [-0.4, -0.2) is 0 Å². The van der Waals surface area contributed by atoms with E-state index in [1.165, 1.54) is 54.6 Å². The second-order valence-electron chi connectivity index (χ2n) is 10.2. The van der Waals surface area contributed by atoms with E-state index in [0.29, 0.717) is 0 Å². The first-order valence-corrected chi connectivity index (χ1v) is 14.0. The Hall–Kier alpha value is -5.20. The second-order valence-corrected chi connectivity index (χ2v) is 10.2. The maximum Gasteiger partial charge on any atom is -0.00262 e. The normalized spacial score (nSPS) is 12.1. The molecule has 0 saturated heterocycles. The van der Waals surface area contributed by atoms with Crippen LogP contribution in [0.1, 0.15) is 12.5 Å². The summed E-state index contributed by atoms with van der Waals surface area (Å²) in [5.41, 5.74) is 8.99. The number of allylic oxidation sites excluding steroid dienone is 7. The maximum absolute atomic E-state index is 4.19. The fourth-order valence-electron chi connectivity index (χ4n) is 5.94. The van der Waals surface area contributed by atoms with Gasteiger partial charge in [-0.1, -0.05) is 153 Å². The van der Waals surface area contributed by atoms with Gasteiger partial charge in [-0.05, 0) is 89.8 Å². The molecule has 0 aliphatic rings. The van der Waals surface area contributed by atoms with Gasteiger partial charge < -0.3 is 0 Å².